The van der Waals surface area contributed by atoms with Gasteiger partial charge in [-0.15, -0.1) is 10.2 Å². The van der Waals surface area contributed by atoms with Gasteiger partial charge in [-0.3, -0.25) is 0 Å². The summed E-state index contributed by atoms with van der Waals surface area (Å²) in [5, 5.41) is 15.9. The lowest BCUT2D eigenvalue weighted by molar-refractivity contribution is 0.468. The Labute approximate surface area is 126 Å². The first-order valence-electron chi connectivity index (χ1n) is 7.69. The van der Waals surface area contributed by atoms with E-state index in [-0.39, 0.29) is 0 Å². The van der Waals surface area contributed by atoms with E-state index in [0.717, 1.165) is 38.1 Å². The van der Waals surface area contributed by atoms with Gasteiger partial charge in [0.25, 0.3) is 0 Å². The second-order valence-electron chi connectivity index (χ2n) is 5.58. The Hall–Kier alpha value is -1.75. The first-order chi connectivity index (χ1) is 10.2. The summed E-state index contributed by atoms with van der Waals surface area (Å²) in [7, 11) is 1.80. The van der Waals surface area contributed by atoms with E-state index in [9.17, 15) is 0 Å². The van der Waals surface area contributed by atoms with Gasteiger partial charge in [-0.1, -0.05) is 36.8 Å². The highest BCUT2D eigenvalue weighted by molar-refractivity contribution is 5.22. The molecule has 1 aromatic heterocycles. The fourth-order valence-corrected chi connectivity index (χ4v) is 2.46. The molecular formula is C16H25N5. The topological polar surface area (TPSA) is 55.6 Å². The molecule has 0 spiro atoms. The fourth-order valence-electron chi connectivity index (χ4n) is 2.46. The van der Waals surface area contributed by atoms with Crippen molar-refractivity contribution in [2.24, 2.45) is 7.05 Å². The average Bonchev–Trinajstić information content (AvgIpc) is 2.87. The predicted octanol–water partition coefficient (Wildman–Crippen LogP) is 2.06. The number of aryl methyl sites for hydroxylation is 3. The summed E-state index contributed by atoms with van der Waals surface area (Å²) in [5.74, 6) is 0.815. The van der Waals surface area contributed by atoms with Crippen molar-refractivity contribution in [3.63, 3.8) is 0 Å². The number of nitrogens with zero attached hydrogens (tertiary/aromatic N) is 4. The second-order valence-corrected chi connectivity index (χ2v) is 5.58. The van der Waals surface area contributed by atoms with Crippen molar-refractivity contribution in [2.75, 3.05) is 6.54 Å². The molecule has 2 aromatic rings. The number of rotatable bonds is 8. The quantitative estimate of drug-likeness (QED) is 0.807. The number of tetrazole rings is 1. The van der Waals surface area contributed by atoms with Crippen molar-refractivity contribution >= 4 is 0 Å². The van der Waals surface area contributed by atoms with Crippen molar-refractivity contribution in [1.29, 1.82) is 0 Å². The molecule has 0 amide bonds. The standard InChI is InChI=1S/C16H25N5/c1-4-10-17-15(12-16-18-20-21(3)19-16)9-8-14-7-5-6-13(2)11-14/h5-7,11,15,17H,4,8-10,12H2,1-3H3. The van der Waals surface area contributed by atoms with Crippen LogP contribution >= 0.6 is 0 Å². The molecule has 114 valence electrons. The monoisotopic (exact) mass is 287 g/mol. The molecule has 2 rings (SSSR count). The molecule has 0 saturated carbocycles. The largest absolute Gasteiger partial charge is 0.314 e. The highest BCUT2D eigenvalue weighted by Gasteiger charge is 2.12. The normalized spacial score (nSPS) is 12.5. The van der Waals surface area contributed by atoms with Gasteiger partial charge in [0.05, 0.1) is 7.05 Å². The van der Waals surface area contributed by atoms with Crippen LogP contribution in [0.4, 0.5) is 0 Å². The summed E-state index contributed by atoms with van der Waals surface area (Å²) in [6.45, 7) is 5.35. The minimum Gasteiger partial charge on any atom is -0.314 e. The Morgan fingerprint density at radius 1 is 1.33 bits per heavy atom. The van der Waals surface area contributed by atoms with Crippen molar-refractivity contribution in [1.82, 2.24) is 25.5 Å². The molecule has 0 bridgehead atoms. The summed E-state index contributed by atoms with van der Waals surface area (Å²) < 4.78 is 0. The average molecular weight is 287 g/mol. The SMILES string of the molecule is CCCNC(CCc1cccc(C)c1)Cc1nnn(C)n1. The minimum atomic E-state index is 0.398. The molecule has 0 fully saturated rings. The van der Waals surface area contributed by atoms with Crippen LogP contribution < -0.4 is 5.32 Å². The van der Waals surface area contributed by atoms with Crippen LogP contribution in [0.3, 0.4) is 0 Å². The Morgan fingerprint density at radius 3 is 2.86 bits per heavy atom. The van der Waals surface area contributed by atoms with E-state index >= 15 is 0 Å². The molecule has 0 aliphatic carbocycles. The van der Waals surface area contributed by atoms with Gasteiger partial charge in [0.2, 0.25) is 0 Å². The van der Waals surface area contributed by atoms with Crippen molar-refractivity contribution in [3.8, 4) is 0 Å². The van der Waals surface area contributed by atoms with Crippen LogP contribution in [0.15, 0.2) is 24.3 Å². The van der Waals surface area contributed by atoms with Gasteiger partial charge < -0.3 is 5.32 Å². The number of benzene rings is 1. The van der Waals surface area contributed by atoms with E-state index in [1.807, 2.05) is 0 Å². The molecule has 5 nitrogen and oxygen atoms in total. The molecule has 0 aliphatic rings. The van der Waals surface area contributed by atoms with Gasteiger partial charge in [0, 0.05) is 12.5 Å². The fraction of sp³-hybridized carbons (Fsp3) is 0.562. The zero-order chi connectivity index (χ0) is 15.1. The Morgan fingerprint density at radius 2 is 2.19 bits per heavy atom. The van der Waals surface area contributed by atoms with Gasteiger partial charge >= 0.3 is 0 Å². The lowest BCUT2D eigenvalue weighted by atomic mass is 10.0. The van der Waals surface area contributed by atoms with E-state index in [2.05, 4.69) is 58.8 Å². The Balaban J connectivity index is 1.92. The Bertz CT molecular complexity index is 549. The molecule has 0 aliphatic heterocycles. The summed E-state index contributed by atoms with van der Waals surface area (Å²) >= 11 is 0. The summed E-state index contributed by atoms with van der Waals surface area (Å²) in [5.41, 5.74) is 2.71. The molecule has 1 aromatic carbocycles. The summed E-state index contributed by atoms with van der Waals surface area (Å²) in [6, 6.07) is 9.13. The summed E-state index contributed by atoms with van der Waals surface area (Å²) in [6.07, 6.45) is 4.12. The van der Waals surface area contributed by atoms with E-state index in [1.54, 1.807) is 7.05 Å². The maximum atomic E-state index is 4.28. The molecule has 21 heavy (non-hydrogen) atoms. The van der Waals surface area contributed by atoms with Crippen LogP contribution in [0.25, 0.3) is 0 Å². The van der Waals surface area contributed by atoms with Gasteiger partial charge in [-0.05, 0) is 43.5 Å². The van der Waals surface area contributed by atoms with Crippen LogP contribution in [-0.2, 0) is 19.9 Å². The van der Waals surface area contributed by atoms with E-state index in [4.69, 9.17) is 0 Å². The van der Waals surface area contributed by atoms with Gasteiger partial charge in [-0.2, -0.15) is 4.80 Å². The van der Waals surface area contributed by atoms with Crippen molar-refractivity contribution in [2.45, 2.75) is 45.6 Å². The molecule has 1 atom stereocenters. The van der Waals surface area contributed by atoms with Gasteiger partial charge in [0.15, 0.2) is 5.82 Å². The van der Waals surface area contributed by atoms with Crippen molar-refractivity contribution in [3.05, 3.63) is 41.2 Å². The Kier molecular flexibility index (Phi) is 5.87. The third kappa shape index (κ3) is 5.27. The lowest BCUT2D eigenvalue weighted by Crippen LogP contribution is -2.32. The third-order valence-electron chi connectivity index (χ3n) is 3.53. The first kappa shape index (κ1) is 15.6. The van der Waals surface area contributed by atoms with Crippen LogP contribution in [-0.4, -0.2) is 32.8 Å². The van der Waals surface area contributed by atoms with E-state index in [0.29, 0.717) is 6.04 Å². The smallest absolute Gasteiger partial charge is 0.176 e. The maximum Gasteiger partial charge on any atom is 0.176 e. The van der Waals surface area contributed by atoms with Crippen molar-refractivity contribution < 1.29 is 0 Å². The van der Waals surface area contributed by atoms with E-state index < -0.39 is 0 Å². The molecule has 0 radical (unpaired) electrons. The van der Waals surface area contributed by atoms with Crippen LogP contribution in [0.1, 0.15) is 36.7 Å². The number of nitrogens with one attached hydrogen (secondary N) is 1. The van der Waals surface area contributed by atoms with Crippen LogP contribution in [0.2, 0.25) is 0 Å². The summed E-state index contributed by atoms with van der Waals surface area (Å²) in [4.78, 5) is 1.52. The minimum absolute atomic E-state index is 0.398. The second kappa shape index (κ2) is 7.88. The van der Waals surface area contributed by atoms with Crippen LogP contribution in [0.5, 0.6) is 0 Å². The lowest BCUT2D eigenvalue weighted by Gasteiger charge is -2.17. The highest BCUT2D eigenvalue weighted by atomic mass is 15.6. The zero-order valence-electron chi connectivity index (χ0n) is 13.2. The van der Waals surface area contributed by atoms with E-state index in [1.165, 1.54) is 15.9 Å². The van der Waals surface area contributed by atoms with Crippen LogP contribution in [0, 0.1) is 6.92 Å². The number of hydrogen-bond donors (Lipinski definition) is 1. The number of hydrogen-bond acceptors (Lipinski definition) is 4. The first-order valence-corrected chi connectivity index (χ1v) is 7.69. The molecule has 5 heteroatoms. The maximum absolute atomic E-state index is 4.28. The predicted molar refractivity (Wildman–Crippen MR) is 84.1 cm³/mol. The molecular weight excluding hydrogens is 262 g/mol. The van der Waals surface area contributed by atoms with Gasteiger partial charge in [0.1, 0.15) is 0 Å². The molecule has 0 saturated heterocycles. The van der Waals surface area contributed by atoms with Gasteiger partial charge in [-0.25, -0.2) is 0 Å². The zero-order valence-corrected chi connectivity index (χ0v) is 13.2. The molecule has 1 heterocycles. The highest BCUT2D eigenvalue weighted by Crippen LogP contribution is 2.10. The molecule has 1 N–H and O–H groups in total. The number of aromatic nitrogens is 4. The third-order valence-corrected chi connectivity index (χ3v) is 3.53. The molecule has 1 unspecified atom stereocenters.